The molecule has 0 saturated heterocycles. The molecule has 7 nitrogen and oxygen atoms in total. The molecule has 3 aromatic rings. The highest BCUT2D eigenvalue weighted by Crippen LogP contribution is 2.29. The van der Waals surface area contributed by atoms with Crippen LogP contribution in [0.3, 0.4) is 0 Å². The minimum absolute atomic E-state index is 0.116. The number of halogens is 3. The molecule has 0 saturated carbocycles. The van der Waals surface area contributed by atoms with E-state index < -0.39 is 40.2 Å². The molecule has 0 aromatic heterocycles. The molecule has 0 radical (unpaired) electrons. The third-order valence-electron chi connectivity index (χ3n) is 6.06. The normalized spacial score (nSPS) is 12.0. The molecule has 3 rings (SSSR count). The zero-order valence-electron chi connectivity index (χ0n) is 21.6. The molecule has 39 heavy (non-hydrogen) atoms. The van der Waals surface area contributed by atoms with Crippen LogP contribution in [-0.4, -0.2) is 44.3 Å². The van der Waals surface area contributed by atoms with Crippen molar-refractivity contribution in [1.82, 2.24) is 10.2 Å². The number of amides is 2. The molecule has 2 amide bonds. The molecule has 0 heterocycles. The Morgan fingerprint density at radius 1 is 0.923 bits per heavy atom. The summed E-state index contributed by atoms with van der Waals surface area (Å²) < 4.78 is 43.1. The van der Waals surface area contributed by atoms with Gasteiger partial charge in [-0.25, -0.2) is 12.8 Å². The van der Waals surface area contributed by atoms with E-state index in [-0.39, 0.29) is 33.6 Å². The summed E-state index contributed by atoms with van der Waals surface area (Å²) in [5.74, 6) is -1.95. The van der Waals surface area contributed by atoms with E-state index >= 15 is 0 Å². The summed E-state index contributed by atoms with van der Waals surface area (Å²) in [7, 11) is -4.37. The molecule has 0 spiro atoms. The van der Waals surface area contributed by atoms with Gasteiger partial charge in [-0.05, 0) is 49.2 Å². The highest BCUT2D eigenvalue weighted by Gasteiger charge is 2.35. The van der Waals surface area contributed by atoms with Crippen molar-refractivity contribution in [2.24, 2.45) is 0 Å². The number of rotatable bonds is 12. The lowest BCUT2D eigenvalue weighted by Gasteiger charge is -2.33. The molecule has 11 heteroatoms. The second kappa shape index (κ2) is 13.8. The predicted octanol–water partition coefficient (Wildman–Crippen LogP) is 5.66. The van der Waals surface area contributed by atoms with Gasteiger partial charge in [0.25, 0.3) is 10.0 Å². The van der Waals surface area contributed by atoms with E-state index in [1.807, 2.05) is 6.92 Å². The maximum Gasteiger partial charge on any atom is 0.264 e. The summed E-state index contributed by atoms with van der Waals surface area (Å²) >= 11 is 12.8. The molecular formula is C28H30Cl2FN3O4S. The second-order valence-corrected chi connectivity index (χ2v) is 11.4. The molecule has 1 N–H and O–H groups in total. The zero-order chi connectivity index (χ0) is 28.6. The maximum atomic E-state index is 15.0. The Balaban J connectivity index is 2.09. The van der Waals surface area contributed by atoms with Gasteiger partial charge in [0.1, 0.15) is 18.4 Å². The average molecular weight is 595 g/mol. The van der Waals surface area contributed by atoms with Gasteiger partial charge in [-0.1, -0.05) is 73.4 Å². The first-order valence-electron chi connectivity index (χ1n) is 12.4. The van der Waals surface area contributed by atoms with Crippen LogP contribution in [0, 0.1) is 5.82 Å². The van der Waals surface area contributed by atoms with E-state index in [1.54, 1.807) is 31.2 Å². The lowest BCUT2D eigenvalue weighted by atomic mass is 10.1. The molecular weight excluding hydrogens is 564 g/mol. The number of benzene rings is 3. The van der Waals surface area contributed by atoms with Gasteiger partial charge >= 0.3 is 0 Å². The highest BCUT2D eigenvalue weighted by atomic mass is 35.5. The molecule has 1 atom stereocenters. The smallest absolute Gasteiger partial charge is 0.264 e. The zero-order valence-corrected chi connectivity index (χ0v) is 23.9. The fourth-order valence-corrected chi connectivity index (χ4v) is 5.99. The largest absolute Gasteiger partial charge is 0.354 e. The molecule has 0 aliphatic carbocycles. The van der Waals surface area contributed by atoms with E-state index in [0.29, 0.717) is 18.5 Å². The Hall–Kier alpha value is -3.14. The van der Waals surface area contributed by atoms with Gasteiger partial charge in [0.15, 0.2) is 0 Å². The first-order valence-corrected chi connectivity index (χ1v) is 14.6. The number of para-hydroxylation sites is 1. The van der Waals surface area contributed by atoms with Crippen molar-refractivity contribution in [3.63, 3.8) is 0 Å². The van der Waals surface area contributed by atoms with Crippen LogP contribution in [0.2, 0.25) is 10.0 Å². The first-order chi connectivity index (χ1) is 18.6. The van der Waals surface area contributed by atoms with Gasteiger partial charge in [0.05, 0.1) is 10.6 Å². The quantitative estimate of drug-likeness (QED) is 0.293. The van der Waals surface area contributed by atoms with Crippen molar-refractivity contribution in [3.05, 3.63) is 94.2 Å². The van der Waals surface area contributed by atoms with Crippen molar-refractivity contribution < 1.29 is 22.4 Å². The van der Waals surface area contributed by atoms with Gasteiger partial charge in [0, 0.05) is 28.7 Å². The summed E-state index contributed by atoms with van der Waals surface area (Å²) in [6.45, 7) is 3.10. The van der Waals surface area contributed by atoms with Crippen molar-refractivity contribution >= 4 is 50.7 Å². The summed E-state index contributed by atoms with van der Waals surface area (Å²) in [6.07, 6.45) is 0.914. The van der Waals surface area contributed by atoms with Gasteiger partial charge in [-0.3, -0.25) is 13.9 Å². The van der Waals surface area contributed by atoms with Gasteiger partial charge < -0.3 is 10.2 Å². The van der Waals surface area contributed by atoms with Crippen LogP contribution in [0.1, 0.15) is 32.3 Å². The second-order valence-electron chi connectivity index (χ2n) is 8.71. The molecule has 0 aliphatic heterocycles. The summed E-state index contributed by atoms with van der Waals surface area (Å²) in [4.78, 5) is 28.2. The number of carbonyl (C=O) groups is 2. The Morgan fingerprint density at radius 2 is 1.54 bits per heavy atom. The fraction of sp³-hybridized carbons (Fsp3) is 0.286. The third kappa shape index (κ3) is 7.29. The number of nitrogens with zero attached hydrogens (tertiary/aromatic N) is 2. The Kier molecular flexibility index (Phi) is 10.7. The van der Waals surface area contributed by atoms with Crippen molar-refractivity contribution in [3.8, 4) is 0 Å². The van der Waals surface area contributed by atoms with Crippen molar-refractivity contribution in [2.75, 3.05) is 17.4 Å². The Bertz CT molecular complexity index is 1390. The summed E-state index contributed by atoms with van der Waals surface area (Å²) in [5.41, 5.74) is 0.105. The van der Waals surface area contributed by atoms with Crippen LogP contribution in [0.15, 0.2) is 77.7 Å². The Labute approximate surface area is 238 Å². The van der Waals surface area contributed by atoms with E-state index in [4.69, 9.17) is 23.2 Å². The van der Waals surface area contributed by atoms with Crippen LogP contribution in [0.5, 0.6) is 0 Å². The van der Waals surface area contributed by atoms with Crippen LogP contribution in [0.4, 0.5) is 10.1 Å². The lowest BCUT2D eigenvalue weighted by Crippen LogP contribution is -2.52. The first kappa shape index (κ1) is 30.4. The molecule has 208 valence electrons. The van der Waals surface area contributed by atoms with Gasteiger partial charge in [0.2, 0.25) is 11.8 Å². The summed E-state index contributed by atoms with van der Waals surface area (Å²) in [6, 6.07) is 16.6. The average Bonchev–Trinajstić information content (AvgIpc) is 2.92. The van der Waals surface area contributed by atoms with Crippen molar-refractivity contribution in [2.45, 2.75) is 44.2 Å². The minimum atomic E-state index is -4.37. The molecule has 3 aromatic carbocycles. The molecule has 0 unspecified atom stereocenters. The molecule has 0 bridgehead atoms. The monoisotopic (exact) mass is 593 g/mol. The summed E-state index contributed by atoms with van der Waals surface area (Å²) in [5, 5.41) is 3.36. The lowest BCUT2D eigenvalue weighted by molar-refractivity contribution is -0.140. The maximum absolute atomic E-state index is 15.0. The highest BCUT2D eigenvalue weighted by molar-refractivity contribution is 7.92. The molecule has 0 aliphatic rings. The number of hydrogen-bond acceptors (Lipinski definition) is 4. The van der Waals surface area contributed by atoms with Crippen LogP contribution in [0.25, 0.3) is 0 Å². The van der Waals surface area contributed by atoms with Gasteiger partial charge in [-0.15, -0.1) is 0 Å². The van der Waals surface area contributed by atoms with Crippen LogP contribution < -0.4 is 9.62 Å². The van der Waals surface area contributed by atoms with E-state index in [9.17, 15) is 22.4 Å². The number of carbonyl (C=O) groups excluding carboxylic acids is 2. The van der Waals surface area contributed by atoms with Crippen LogP contribution >= 0.6 is 23.2 Å². The standard InChI is InChI=1S/C28H30Cl2FN3O4S/c1-3-17-32-28(36)25(4-2)33(18-21-22(29)13-10-14-23(21)30)27(35)19-34(26-16-9-8-15-24(26)31)39(37,38)20-11-6-5-7-12-20/h5-16,25H,3-4,17-19H2,1-2H3,(H,32,36)/t25-/m0/s1. The number of anilines is 1. The van der Waals surface area contributed by atoms with Crippen molar-refractivity contribution in [1.29, 1.82) is 0 Å². The minimum Gasteiger partial charge on any atom is -0.354 e. The topological polar surface area (TPSA) is 86.8 Å². The van der Waals surface area contributed by atoms with E-state index in [1.165, 1.54) is 47.4 Å². The third-order valence-corrected chi connectivity index (χ3v) is 8.54. The van der Waals surface area contributed by atoms with E-state index in [0.717, 1.165) is 10.4 Å². The molecule has 0 fully saturated rings. The number of hydrogen-bond donors (Lipinski definition) is 1. The number of nitrogens with one attached hydrogen (secondary N) is 1. The fourth-order valence-electron chi connectivity index (χ4n) is 4.03. The number of sulfonamides is 1. The Morgan fingerprint density at radius 3 is 2.13 bits per heavy atom. The van der Waals surface area contributed by atoms with E-state index in [2.05, 4.69) is 5.32 Å². The van der Waals surface area contributed by atoms with Gasteiger partial charge in [-0.2, -0.15) is 0 Å². The predicted molar refractivity (Wildman–Crippen MR) is 152 cm³/mol. The van der Waals surface area contributed by atoms with Crippen LogP contribution in [-0.2, 0) is 26.2 Å². The SMILES string of the molecule is CCCNC(=O)[C@H](CC)N(Cc1c(Cl)cccc1Cl)C(=O)CN(c1ccccc1F)S(=O)(=O)c1ccccc1.